The van der Waals surface area contributed by atoms with Crippen molar-refractivity contribution < 1.29 is 13.9 Å². The van der Waals surface area contributed by atoms with Crippen molar-refractivity contribution in [3.05, 3.63) is 34.1 Å². The van der Waals surface area contributed by atoms with Crippen LogP contribution >= 0.6 is 15.9 Å². The first-order valence-electron chi connectivity index (χ1n) is 6.31. The third-order valence-electron chi connectivity index (χ3n) is 3.28. The number of ether oxygens (including phenoxy) is 1. The third-order valence-corrected chi connectivity index (χ3v) is 3.77. The van der Waals surface area contributed by atoms with E-state index in [4.69, 9.17) is 10.5 Å². The first-order valence-corrected chi connectivity index (χ1v) is 7.10. The number of hydrogen-bond donors (Lipinski definition) is 1. The fourth-order valence-electron chi connectivity index (χ4n) is 2.16. The van der Waals surface area contributed by atoms with Gasteiger partial charge in [0.1, 0.15) is 11.4 Å². The van der Waals surface area contributed by atoms with Gasteiger partial charge >= 0.3 is 5.97 Å². The summed E-state index contributed by atoms with van der Waals surface area (Å²) in [6.07, 6.45) is 1.36. The molecular weight excluding hydrogens is 313 g/mol. The van der Waals surface area contributed by atoms with E-state index < -0.39 is 17.3 Å². The summed E-state index contributed by atoms with van der Waals surface area (Å²) in [4.78, 5) is 12.3. The molecule has 2 rings (SSSR count). The molecule has 104 valence electrons. The van der Waals surface area contributed by atoms with Gasteiger partial charge in [0.25, 0.3) is 0 Å². The second kappa shape index (κ2) is 5.21. The maximum Gasteiger partial charge on any atom is 0.331 e. The fourth-order valence-corrected chi connectivity index (χ4v) is 2.52. The van der Waals surface area contributed by atoms with E-state index in [2.05, 4.69) is 15.9 Å². The van der Waals surface area contributed by atoms with Crippen LogP contribution in [-0.2, 0) is 15.1 Å². The summed E-state index contributed by atoms with van der Waals surface area (Å²) in [6.45, 7) is 3.50. The van der Waals surface area contributed by atoms with Crippen LogP contribution in [0.15, 0.2) is 22.7 Å². The molecule has 0 amide bonds. The predicted molar refractivity (Wildman–Crippen MR) is 73.9 cm³/mol. The highest BCUT2D eigenvalue weighted by atomic mass is 79.9. The molecule has 2 N–H and O–H groups in total. The number of esters is 1. The summed E-state index contributed by atoms with van der Waals surface area (Å²) >= 11 is 3.28. The van der Waals surface area contributed by atoms with Gasteiger partial charge in [-0.3, -0.25) is 0 Å². The first-order chi connectivity index (χ1) is 8.85. The molecule has 0 aromatic heterocycles. The Hall–Kier alpha value is -0.940. The Kier molecular flexibility index (Phi) is 3.97. The zero-order valence-electron chi connectivity index (χ0n) is 11.0. The lowest BCUT2D eigenvalue weighted by molar-refractivity contribution is -0.155. The summed E-state index contributed by atoms with van der Waals surface area (Å²) in [6, 6.07) is 4.46. The number of hydrogen-bond acceptors (Lipinski definition) is 3. The van der Waals surface area contributed by atoms with Crippen LogP contribution in [0.1, 0.15) is 32.3 Å². The number of carbonyl (C=O) groups is 1. The van der Waals surface area contributed by atoms with E-state index in [9.17, 15) is 9.18 Å². The lowest BCUT2D eigenvalue weighted by Gasteiger charge is -2.29. The maximum atomic E-state index is 14.0. The SMILES string of the molecule is CC(C)OC(=O)[C@](N)(c1cc(Br)ccc1F)C1CC1. The number of benzene rings is 1. The number of rotatable bonds is 4. The monoisotopic (exact) mass is 329 g/mol. The van der Waals surface area contributed by atoms with Crippen LogP contribution < -0.4 is 5.73 Å². The van der Waals surface area contributed by atoms with E-state index in [-0.39, 0.29) is 17.6 Å². The van der Waals surface area contributed by atoms with E-state index in [1.807, 2.05) is 0 Å². The lowest BCUT2D eigenvalue weighted by Crippen LogP contribution is -2.49. The van der Waals surface area contributed by atoms with Crippen molar-refractivity contribution in [1.29, 1.82) is 0 Å². The van der Waals surface area contributed by atoms with Crippen molar-refractivity contribution in [2.75, 3.05) is 0 Å². The second-order valence-corrected chi connectivity index (χ2v) is 6.14. The Bertz CT molecular complexity index is 502. The molecule has 1 aromatic carbocycles. The molecule has 1 fully saturated rings. The minimum absolute atomic E-state index is 0.0532. The molecule has 1 saturated carbocycles. The Labute approximate surface area is 120 Å². The van der Waals surface area contributed by atoms with Crippen LogP contribution in [0.5, 0.6) is 0 Å². The van der Waals surface area contributed by atoms with Gasteiger partial charge in [0.05, 0.1) is 6.10 Å². The van der Waals surface area contributed by atoms with Crippen LogP contribution in [0, 0.1) is 11.7 Å². The Morgan fingerprint density at radius 3 is 2.68 bits per heavy atom. The first kappa shape index (κ1) is 14.5. The largest absolute Gasteiger partial charge is 0.461 e. The molecule has 0 unspecified atom stereocenters. The molecule has 0 aliphatic heterocycles. The summed E-state index contributed by atoms with van der Waals surface area (Å²) in [7, 11) is 0. The predicted octanol–water partition coefficient (Wildman–Crippen LogP) is 3.10. The van der Waals surface area contributed by atoms with Gasteiger partial charge in [-0.15, -0.1) is 0 Å². The number of nitrogens with two attached hydrogens (primary N) is 1. The van der Waals surface area contributed by atoms with E-state index in [0.29, 0.717) is 4.47 Å². The van der Waals surface area contributed by atoms with Gasteiger partial charge in [-0.2, -0.15) is 0 Å². The van der Waals surface area contributed by atoms with Gasteiger partial charge in [-0.25, -0.2) is 9.18 Å². The van der Waals surface area contributed by atoms with Crippen molar-refractivity contribution in [1.82, 2.24) is 0 Å². The van der Waals surface area contributed by atoms with Crippen LogP contribution in [-0.4, -0.2) is 12.1 Å². The molecule has 0 heterocycles. The Balaban J connectivity index is 2.44. The van der Waals surface area contributed by atoms with Gasteiger partial charge in [-0.05, 0) is 50.8 Å². The van der Waals surface area contributed by atoms with E-state index in [0.717, 1.165) is 12.8 Å². The maximum absolute atomic E-state index is 14.0. The normalized spacial score (nSPS) is 18.2. The minimum atomic E-state index is -1.39. The van der Waals surface area contributed by atoms with Crippen LogP contribution in [0.3, 0.4) is 0 Å². The van der Waals surface area contributed by atoms with Crippen molar-refractivity contribution in [2.24, 2.45) is 11.7 Å². The smallest absolute Gasteiger partial charge is 0.331 e. The highest BCUT2D eigenvalue weighted by molar-refractivity contribution is 9.10. The summed E-state index contributed by atoms with van der Waals surface area (Å²) < 4.78 is 20.0. The van der Waals surface area contributed by atoms with Gasteiger partial charge in [0.15, 0.2) is 0 Å². The molecule has 19 heavy (non-hydrogen) atoms. The van der Waals surface area contributed by atoms with Gasteiger partial charge < -0.3 is 10.5 Å². The molecule has 0 radical (unpaired) electrons. The minimum Gasteiger partial charge on any atom is -0.461 e. The summed E-state index contributed by atoms with van der Waals surface area (Å²) in [5, 5.41) is 0. The van der Waals surface area contributed by atoms with Gasteiger partial charge in [0.2, 0.25) is 0 Å². The van der Waals surface area contributed by atoms with Gasteiger partial charge in [-0.1, -0.05) is 15.9 Å². The zero-order chi connectivity index (χ0) is 14.2. The van der Waals surface area contributed by atoms with E-state index in [1.54, 1.807) is 26.0 Å². The average molecular weight is 330 g/mol. The fraction of sp³-hybridized carbons (Fsp3) is 0.500. The van der Waals surface area contributed by atoms with Crippen molar-refractivity contribution in [3.63, 3.8) is 0 Å². The average Bonchev–Trinajstić information content (AvgIpc) is 3.14. The van der Waals surface area contributed by atoms with E-state index in [1.165, 1.54) is 6.07 Å². The Morgan fingerprint density at radius 2 is 2.16 bits per heavy atom. The van der Waals surface area contributed by atoms with Crippen molar-refractivity contribution in [3.8, 4) is 0 Å². The van der Waals surface area contributed by atoms with Crippen molar-refractivity contribution in [2.45, 2.75) is 38.3 Å². The molecule has 5 heteroatoms. The van der Waals surface area contributed by atoms with E-state index >= 15 is 0 Å². The highest BCUT2D eigenvalue weighted by Crippen LogP contribution is 2.46. The summed E-state index contributed by atoms with van der Waals surface area (Å²) in [5.41, 5.74) is 5.06. The van der Waals surface area contributed by atoms with Crippen LogP contribution in [0.25, 0.3) is 0 Å². The molecule has 3 nitrogen and oxygen atoms in total. The highest BCUT2D eigenvalue weighted by Gasteiger charge is 2.52. The molecule has 1 aromatic rings. The third kappa shape index (κ3) is 2.82. The van der Waals surface area contributed by atoms with Crippen molar-refractivity contribution >= 4 is 21.9 Å². The lowest BCUT2D eigenvalue weighted by atomic mass is 9.85. The van der Waals surface area contributed by atoms with Gasteiger partial charge in [0, 0.05) is 10.0 Å². The molecule has 1 atom stereocenters. The molecule has 0 bridgehead atoms. The molecular formula is C14H17BrFNO2. The number of halogens is 2. The summed E-state index contributed by atoms with van der Waals surface area (Å²) in [5.74, 6) is -1.08. The molecule has 1 aliphatic rings. The Morgan fingerprint density at radius 1 is 1.53 bits per heavy atom. The van der Waals surface area contributed by atoms with Crippen LogP contribution in [0.4, 0.5) is 4.39 Å². The molecule has 0 spiro atoms. The molecule has 1 aliphatic carbocycles. The standard InChI is InChI=1S/C14H17BrFNO2/c1-8(2)19-13(18)14(17,9-3-4-9)11-7-10(15)5-6-12(11)16/h5-9H,3-4,17H2,1-2H3/t14-/m1/s1. The number of carbonyl (C=O) groups excluding carboxylic acids is 1. The zero-order valence-corrected chi connectivity index (χ0v) is 12.5. The topological polar surface area (TPSA) is 52.3 Å². The second-order valence-electron chi connectivity index (χ2n) is 5.22. The van der Waals surface area contributed by atoms with Crippen LogP contribution in [0.2, 0.25) is 0 Å². The molecule has 0 saturated heterocycles. The quantitative estimate of drug-likeness (QED) is 0.863.